The number of hydrogen-bond acceptors (Lipinski definition) is 1. The fourth-order valence-corrected chi connectivity index (χ4v) is 1.95. The van der Waals surface area contributed by atoms with Crippen molar-refractivity contribution < 1.29 is 5.11 Å². The van der Waals surface area contributed by atoms with E-state index in [0.717, 1.165) is 25.7 Å². The quantitative estimate of drug-likeness (QED) is 0.615. The first-order chi connectivity index (χ1) is 5.70. The molecule has 0 rings (SSSR count). The summed E-state index contributed by atoms with van der Waals surface area (Å²) < 4.78 is 0. The van der Waals surface area contributed by atoms with E-state index in [2.05, 4.69) is 13.8 Å². The molecule has 0 amide bonds. The zero-order valence-corrected chi connectivity index (χ0v) is 8.98. The SMILES string of the molecule is CCCC(Cl)CC(C)CCCO. The van der Waals surface area contributed by atoms with Crippen LogP contribution in [0.5, 0.6) is 0 Å². The van der Waals surface area contributed by atoms with Gasteiger partial charge < -0.3 is 5.11 Å². The minimum absolute atomic E-state index is 0.311. The first-order valence-corrected chi connectivity index (χ1v) is 5.39. The molecule has 1 N–H and O–H groups in total. The lowest BCUT2D eigenvalue weighted by Gasteiger charge is -2.14. The topological polar surface area (TPSA) is 20.2 Å². The highest BCUT2D eigenvalue weighted by atomic mass is 35.5. The van der Waals surface area contributed by atoms with Crippen LogP contribution in [0.25, 0.3) is 0 Å². The number of aliphatic hydroxyl groups is 1. The van der Waals surface area contributed by atoms with Crippen molar-refractivity contribution in [1.82, 2.24) is 0 Å². The van der Waals surface area contributed by atoms with Gasteiger partial charge in [0.05, 0.1) is 0 Å². The standard InChI is InChI=1S/C10H21ClO/c1-3-5-10(11)8-9(2)6-4-7-12/h9-10,12H,3-8H2,1-2H3. The lowest BCUT2D eigenvalue weighted by molar-refractivity contribution is 0.271. The summed E-state index contributed by atoms with van der Waals surface area (Å²) in [4.78, 5) is 0. The third-order valence-corrected chi connectivity index (χ3v) is 2.51. The maximum absolute atomic E-state index is 8.62. The van der Waals surface area contributed by atoms with E-state index in [1.54, 1.807) is 0 Å². The molecule has 0 bridgehead atoms. The van der Waals surface area contributed by atoms with Crippen LogP contribution in [0.2, 0.25) is 0 Å². The van der Waals surface area contributed by atoms with E-state index in [1.165, 1.54) is 6.42 Å². The monoisotopic (exact) mass is 192 g/mol. The molecular formula is C10H21ClO. The fraction of sp³-hybridized carbons (Fsp3) is 1.00. The number of hydrogen-bond donors (Lipinski definition) is 1. The fourth-order valence-electron chi connectivity index (χ4n) is 1.43. The van der Waals surface area contributed by atoms with Crippen molar-refractivity contribution >= 4 is 11.6 Å². The van der Waals surface area contributed by atoms with Crippen LogP contribution in [0.1, 0.15) is 46.0 Å². The van der Waals surface area contributed by atoms with Gasteiger partial charge in [-0.3, -0.25) is 0 Å². The van der Waals surface area contributed by atoms with Gasteiger partial charge in [0.1, 0.15) is 0 Å². The molecule has 1 nitrogen and oxygen atoms in total. The van der Waals surface area contributed by atoms with Crippen molar-refractivity contribution in [2.45, 2.75) is 51.3 Å². The highest BCUT2D eigenvalue weighted by molar-refractivity contribution is 6.20. The smallest absolute Gasteiger partial charge is 0.0431 e. The summed E-state index contributed by atoms with van der Waals surface area (Å²) in [6.45, 7) is 4.68. The summed E-state index contributed by atoms with van der Waals surface area (Å²) in [5.74, 6) is 0.659. The minimum atomic E-state index is 0.311. The summed E-state index contributed by atoms with van der Waals surface area (Å²) in [5, 5.41) is 8.96. The molecule has 0 saturated heterocycles. The molecular weight excluding hydrogens is 172 g/mol. The molecule has 12 heavy (non-hydrogen) atoms. The summed E-state index contributed by atoms with van der Waals surface area (Å²) in [6.07, 6.45) is 5.39. The van der Waals surface area contributed by atoms with Gasteiger partial charge >= 0.3 is 0 Å². The third kappa shape index (κ3) is 6.93. The number of aliphatic hydroxyl groups excluding tert-OH is 1. The molecule has 0 fully saturated rings. The Balaban J connectivity index is 3.33. The van der Waals surface area contributed by atoms with E-state index < -0.39 is 0 Å². The van der Waals surface area contributed by atoms with Crippen LogP contribution in [-0.2, 0) is 0 Å². The Kier molecular flexibility index (Phi) is 8.04. The highest BCUT2D eigenvalue weighted by Crippen LogP contribution is 2.19. The van der Waals surface area contributed by atoms with Crippen molar-refractivity contribution in [1.29, 1.82) is 0 Å². The van der Waals surface area contributed by atoms with Crippen LogP contribution in [0.4, 0.5) is 0 Å². The molecule has 0 spiro atoms. The Labute approximate surface area is 81.1 Å². The van der Waals surface area contributed by atoms with E-state index >= 15 is 0 Å². The van der Waals surface area contributed by atoms with Gasteiger partial charge in [0.25, 0.3) is 0 Å². The number of rotatable bonds is 7. The lowest BCUT2D eigenvalue weighted by Crippen LogP contribution is -2.06. The first kappa shape index (κ1) is 12.2. The molecule has 0 aliphatic heterocycles. The molecule has 0 aliphatic carbocycles. The Bertz CT molecular complexity index is 95.8. The second-order valence-electron chi connectivity index (χ2n) is 3.59. The third-order valence-electron chi connectivity index (χ3n) is 2.12. The predicted molar refractivity (Wildman–Crippen MR) is 54.6 cm³/mol. The Hall–Kier alpha value is 0.250. The van der Waals surface area contributed by atoms with Crippen LogP contribution in [0.15, 0.2) is 0 Å². The molecule has 0 aliphatic rings. The molecule has 0 aromatic rings. The number of halogens is 1. The van der Waals surface area contributed by atoms with Gasteiger partial charge in [-0.25, -0.2) is 0 Å². The zero-order valence-electron chi connectivity index (χ0n) is 8.22. The highest BCUT2D eigenvalue weighted by Gasteiger charge is 2.08. The van der Waals surface area contributed by atoms with Crippen LogP contribution >= 0.6 is 11.6 Å². The van der Waals surface area contributed by atoms with E-state index in [4.69, 9.17) is 16.7 Å². The molecule has 0 aromatic carbocycles. The van der Waals surface area contributed by atoms with Crippen molar-refractivity contribution in [3.63, 3.8) is 0 Å². The summed E-state index contributed by atoms with van der Waals surface area (Å²) in [7, 11) is 0. The molecule has 2 heteroatoms. The molecule has 2 atom stereocenters. The Morgan fingerprint density at radius 1 is 1.33 bits per heavy atom. The van der Waals surface area contributed by atoms with Crippen LogP contribution in [-0.4, -0.2) is 17.1 Å². The molecule has 0 heterocycles. The second kappa shape index (κ2) is 7.88. The summed E-state index contributed by atoms with van der Waals surface area (Å²) in [6, 6.07) is 0. The molecule has 74 valence electrons. The van der Waals surface area contributed by atoms with Gasteiger partial charge in [-0.05, 0) is 31.6 Å². The summed E-state index contributed by atoms with van der Waals surface area (Å²) in [5.41, 5.74) is 0. The van der Waals surface area contributed by atoms with Crippen molar-refractivity contribution in [2.24, 2.45) is 5.92 Å². The average molecular weight is 193 g/mol. The maximum atomic E-state index is 8.62. The Morgan fingerprint density at radius 2 is 2.00 bits per heavy atom. The van der Waals surface area contributed by atoms with Crippen molar-refractivity contribution in [3.05, 3.63) is 0 Å². The van der Waals surface area contributed by atoms with Crippen LogP contribution in [0, 0.1) is 5.92 Å². The Morgan fingerprint density at radius 3 is 2.50 bits per heavy atom. The molecule has 0 radical (unpaired) electrons. The van der Waals surface area contributed by atoms with E-state index in [-0.39, 0.29) is 0 Å². The second-order valence-corrected chi connectivity index (χ2v) is 4.21. The van der Waals surface area contributed by atoms with Gasteiger partial charge in [-0.2, -0.15) is 0 Å². The average Bonchev–Trinajstić information content (AvgIpc) is 2.01. The van der Waals surface area contributed by atoms with E-state index in [9.17, 15) is 0 Å². The maximum Gasteiger partial charge on any atom is 0.0431 e. The number of alkyl halides is 1. The predicted octanol–water partition coefficient (Wildman–Crippen LogP) is 3.19. The van der Waals surface area contributed by atoms with Crippen molar-refractivity contribution in [2.75, 3.05) is 6.61 Å². The first-order valence-electron chi connectivity index (χ1n) is 4.95. The van der Waals surface area contributed by atoms with Crippen LogP contribution < -0.4 is 0 Å². The van der Waals surface area contributed by atoms with Gasteiger partial charge in [-0.15, -0.1) is 11.6 Å². The summed E-state index contributed by atoms with van der Waals surface area (Å²) >= 11 is 6.09. The lowest BCUT2D eigenvalue weighted by atomic mass is 9.98. The van der Waals surface area contributed by atoms with Crippen LogP contribution in [0.3, 0.4) is 0 Å². The largest absolute Gasteiger partial charge is 0.396 e. The van der Waals surface area contributed by atoms with Gasteiger partial charge in [0, 0.05) is 12.0 Å². The van der Waals surface area contributed by atoms with Gasteiger partial charge in [0.15, 0.2) is 0 Å². The minimum Gasteiger partial charge on any atom is -0.396 e. The molecule has 2 unspecified atom stereocenters. The van der Waals surface area contributed by atoms with Crippen molar-refractivity contribution in [3.8, 4) is 0 Å². The molecule has 0 aromatic heterocycles. The van der Waals surface area contributed by atoms with E-state index in [0.29, 0.717) is 17.9 Å². The zero-order chi connectivity index (χ0) is 9.40. The normalized spacial score (nSPS) is 16.0. The molecule has 0 saturated carbocycles. The van der Waals surface area contributed by atoms with E-state index in [1.807, 2.05) is 0 Å². The van der Waals surface area contributed by atoms with Gasteiger partial charge in [-0.1, -0.05) is 20.3 Å². The van der Waals surface area contributed by atoms with Gasteiger partial charge in [0.2, 0.25) is 0 Å².